The number of aromatic hydroxyl groups is 1. The van der Waals surface area contributed by atoms with E-state index in [1.807, 2.05) is 0 Å². The van der Waals surface area contributed by atoms with Gasteiger partial charge in [-0.15, -0.1) is 0 Å². The van der Waals surface area contributed by atoms with Crippen molar-refractivity contribution in [2.45, 2.75) is 18.6 Å². The maximum atomic E-state index is 13.5. The van der Waals surface area contributed by atoms with Crippen LogP contribution in [0.4, 0.5) is 13.2 Å². The molecule has 1 fully saturated rings. The van der Waals surface area contributed by atoms with Crippen LogP contribution in [0.3, 0.4) is 0 Å². The van der Waals surface area contributed by atoms with Crippen LogP contribution in [-0.2, 0) is 6.18 Å². The summed E-state index contributed by atoms with van der Waals surface area (Å²) in [6, 6.07) is 7.48. The number of benzene rings is 1. The summed E-state index contributed by atoms with van der Waals surface area (Å²) in [5, 5.41) is 17.9. The van der Waals surface area contributed by atoms with Crippen molar-refractivity contribution >= 4 is 16.9 Å². The Labute approximate surface area is 163 Å². The lowest BCUT2D eigenvalue weighted by atomic mass is 10.0. The van der Waals surface area contributed by atoms with Crippen molar-refractivity contribution in [2.75, 3.05) is 20.1 Å². The Morgan fingerprint density at radius 2 is 2.03 bits per heavy atom. The van der Waals surface area contributed by atoms with E-state index >= 15 is 0 Å². The molecule has 1 saturated heterocycles. The third-order valence-electron chi connectivity index (χ3n) is 5.08. The lowest BCUT2D eigenvalue weighted by Crippen LogP contribution is -2.33. The minimum Gasteiger partial charge on any atom is -0.508 e. The number of nitrogens with one attached hydrogen (secondary N) is 2. The highest BCUT2D eigenvalue weighted by atomic mass is 19.4. The molecule has 0 bridgehead atoms. The molecule has 3 aromatic rings. The van der Waals surface area contributed by atoms with Gasteiger partial charge in [-0.3, -0.25) is 9.89 Å². The van der Waals surface area contributed by atoms with E-state index in [0.29, 0.717) is 24.3 Å². The van der Waals surface area contributed by atoms with Gasteiger partial charge >= 0.3 is 6.18 Å². The fourth-order valence-electron chi connectivity index (χ4n) is 3.54. The van der Waals surface area contributed by atoms with Crippen molar-refractivity contribution < 1.29 is 23.1 Å². The number of carbonyl (C=O) groups excluding carboxylic acids is 1. The summed E-state index contributed by atoms with van der Waals surface area (Å²) in [6.45, 7) is 0.856. The van der Waals surface area contributed by atoms with Gasteiger partial charge in [-0.2, -0.15) is 18.3 Å². The number of phenolic OH excluding ortho intramolecular Hbond substituents is 1. The maximum absolute atomic E-state index is 13.5. The molecule has 29 heavy (non-hydrogen) atoms. The highest BCUT2D eigenvalue weighted by molar-refractivity contribution is 6.07. The Bertz CT molecular complexity index is 1060. The van der Waals surface area contributed by atoms with Gasteiger partial charge in [0, 0.05) is 24.7 Å². The van der Waals surface area contributed by atoms with Crippen LogP contribution in [0.25, 0.3) is 22.3 Å². The van der Waals surface area contributed by atoms with E-state index in [0.717, 1.165) is 6.42 Å². The molecule has 1 unspecified atom stereocenters. The SMILES string of the molecule is CNC1CCN(C(=O)c2cc(-c3ccc(O)cc3)nc3[nH]nc(C(F)(F)F)c23)C1. The number of rotatable bonds is 3. The fraction of sp³-hybridized carbons (Fsp3) is 0.316. The normalized spacial score (nSPS) is 17.2. The van der Waals surface area contributed by atoms with Crippen molar-refractivity contribution in [3.05, 3.63) is 41.6 Å². The molecule has 1 atom stereocenters. The second-order valence-corrected chi connectivity index (χ2v) is 6.92. The lowest BCUT2D eigenvalue weighted by Gasteiger charge is -2.18. The molecule has 7 nitrogen and oxygen atoms in total. The average Bonchev–Trinajstić information content (AvgIpc) is 3.34. The molecule has 2 aromatic heterocycles. The molecule has 1 aliphatic rings. The standard InChI is InChI=1S/C19H18F3N5O2/c1-23-11-6-7-27(9-11)18(29)13-8-14(10-2-4-12(28)5-3-10)24-17-15(13)16(25-26-17)19(20,21)22/h2-5,8,11,23,28H,6-7,9H2,1H3,(H,24,25,26). The van der Waals surface area contributed by atoms with E-state index in [9.17, 15) is 23.1 Å². The summed E-state index contributed by atoms with van der Waals surface area (Å²) in [5.74, 6) is -0.454. The average molecular weight is 405 g/mol. The van der Waals surface area contributed by atoms with Crippen LogP contribution in [0.2, 0.25) is 0 Å². The van der Waals surface area contributed by atoms with E-state index in [1.165, 1.54) is 23.1 Å². The number of aromatic nitrogens is 3. The van der Waals surface area contributed by atoms with Crippen LogP contribution in [0.15, 0.2) is 30.3 Å². The first-order chi connectivity index (χ1) is 13.8. The molecule has 3 heterocycles. The number of amides is 1. The van der Waals surface area contributed by atoms with Gasteiger partial charge in [-0.05, 0) is 43.8 Å². The third kappa shape index (κ3) is 3.51. The second-order valence-electron chi connectivity index (χ2n) is 6.92. The summed E-state index contributed by atoms with van der Waals surface area (Å²) in [4.78, 5) is 18.9. The Hall–Kier alpha value is -3.14. The van der Waals surface area contributed by atoms with Crippen LogP contribution in [0.5, 0.6) is 5.75 Å². The van der Waals surface area contributed by atoms with Gasteiger partial charge in [0.2, 0.25) is 0 Å². The smallest absolute Gasteiger partial charge is 0.435 e. The molecule has 10 heteroatoms. The molecule has 152 valence electrons. The van der Waals surface area contributed by atoms with Crippen molar-refractivity contribution in [2.24, 2.45) is 0 Å². The molecular weight excluding hydrogens is 387 g/mol. The van der Waals surface area contributed by atoms with Crippen LogP contribution in [0, 0.1) is 0 Å². The summed E-state index contributed by atoms with van der Waals surface area (Å²) < 4.78 is 40.5. The number of phenols is 1. The number of nitrogens with zero attached hydrogens (tertiary/aromatic N) is 3. The molecule has 0 aliphatic carbocycles. The molecule has 1 amide bonds. The number of pyridine rings is 1. The zero-order valence-corrected chi connectivity index (χ0v) is 15.4. The number of hydrogen-bond acceptors (Lipinski definition) is 5. The predicted octanol–water partition coefficient (Wildman–Crippen LogP) is 2.78. The monoisotopic (exact) mass is 405 g/mol. The number of halogens is 3. The number of H-pyrrole nitrogens is 1. The van der Waals surface area contributed by atoms with Crippen LogP contribution >= 0.6 is 0 Å². The fourth-order valence-corrected chi connectivity index (χ4v) is 3.54. The Kier molecular flexibility index (Phi) is 4.65. The Balaban J connectivity index is 1.87. The number of likely N-dealkylation sites (tertiary alicyclic amines) is 1. The van der Waals surface area contributed by atoms with Gasteiger partial charge in [0.05, 0.1) is 16.6 Å². The highest BCUT2D eigenvalue weighted by Gasteiger charge is 2.39. The van der Waals surface area contributed by atoms with E-state index in [2.05, 4.69) is 20.5 Å². The van der Waals surface area contributed by atoms with Crippen molar-refractivity contribution in [1.82, 2.24) is 25.4 Å². The Morgan fingerprint density at radius 1 is 1.31 bits per heavy atom. The number of carbonyl (C=O) groups is 1. The zero-order chi connectivity index (χ0) is 20.8. The Morgan fingerprint density at radius 3 is 2.66 bits per heavy atom. The van der Waals surface area contributed by atoms with Crippen LogP contribution in [0.1, 0.15) is 22.5 Å². The van der Waals surface area contributed by atoms with Crippen LogP contribution in [-0.4, -0.2) is 57.3 Å². The van der Waals surface area contributed by atoms with Gasteiger partial charge < -0.3 is 15.3 Å². The number of likely N-dealkylation sites (N-methyl/N-ethyl adjacent to an activating group) is 1. The summed E-state index contributed by atoms with van der Waals surface area (Å²) >= 11 is 0. The van der Waals surface area contributed by atoms with Crippen molar-refractivity contribution in [1.29, 1.82) is 0 Å². The minimum atomic E-state index is -4.73. The number of fused-ring (bicyclic) bond motifs is 1. The quantitative estimate of drug-likeness (QED) is 0.623. The first-order valence-electron chi connectivity index (χ1n) is 9.00. The number of hydrogen-bond donors (Lipinski definition) is 3. The molecule has 0 saturated carbocycles. The van der Waals surface area contributed by atoms with E-state index in [4.69, 9.17) is 0 Å². The highest BCUT2D eigenvalue weighted by Crippen LogP contribution is 2.36. The maximum Gasteiger partial charge on any atom is 0.435 e. The van der Waals surface area contributed by atoms with E-state index < -0.39 is 17.8 Å². The molecule has 0 radical (unpaired) electrons. The van der Waals surface area contributed by atoms with Gasteiger partial charge in [-0.1, -0.05) is 0 Å². The first-order valence-corrected chi connectivity index (χ1v) is 9.00. The summed E-state index contributed by atoms with van der Waals surface area (Å²) in [6.07, 6.45) is -4.01. The predicted molar refractivity (Wildman–Crippen MR) is 99.4 cm³/mol. The van der Waals surface area contributed by atoms with Crippen LogP contribution < -0.4 is 5.32 Å². The number of aromatic amines is 1. The largest absolute Gasteiger partial charge is 0.508 e. The third-order valence-corrected chi connectivity index (χ3v) is 5.08. The van der Waals surface area contributed by atoms with Crippen molar-refractivity contribution in [3.8, 4) is 17.0 Å². The first kappa shape index (κ1) is 19.2. The van der Waals surface area contributed by atoms with Gasteiger partial charge in [0.15, 0.2) is 11.3 Å². The molecule has 3 N–H and O–H groups in total. The summed E-state index contributed by atoms with van der Waals surface area (Å²) in [7, 11) is 1.78. The van der Waals surface area contributed by atoms with Gasteiger partial charge in [0.1, 0.15) is 5.75 Å². The van der Waals surface area contributed by atoms with E-state index in [1.54, 1.807) is 19.2 Å². The second kappa shape index (κ2) is 7.03. The minimum absolute atomic E-state index is 0.0437. The summed E-state index contributed by atoms with van der Waals surface area (Å²) in [5.41, 5.74) is -0.518. The topological polar surface area (TPSA) is 94.1 Å². The zero-order valence-electron chi connectivity index (χ0n) is 15.4. The van der Waals surface area contributed by atoms with E-state index in [-0.39, 0.29) is 28.4 Å². The van der Waals surface area contributed by atoms with Crippen molar-refractivity contribution in [3.63, 3.8) is 0 Å². The van der Waals surface area contributed by atoms with Gasteiger partial charge in [0.25, 0.3) is 5.91 Å². The molecule has 0 spiro atoms. The molecule has 4 rings (SSSR count). The molecule has 1 aliphatic heterocycles. The molecule has 1 aromatic carbocycles. The molecular formula is C19H18F3N5O2. The van der Waals surface area contributed by atoms with Gasteiger partial charge in [-0.25, -0.2) is 4.98 Å². The number of alkyl halides is 3. The lowest BCUT2D eigenvalue weighted by molar-refractivity contribution is -0.139.